The predicted molar refractivity (Wildman–Crippen MR) is 76.6 cm³/mol. The van der Waals surface area contributed by atoms with E-state index in [9.17, 15) is 9.90 Å². The van der Waals surface area contributed by atoms with Crippen molar-refractivity contribution in [2.75, 3.05) is 18.6 Å². The summed E-state index contributed by atoms with van der Waals surface area (Å²) < 4.78 is 5.30. The van der Waals surface area contributed by atoms with Crippen molar-refractivity contribution in [1.29, 1.82) is 0 Å². The highest BCUT2D eigenvalue weighted by Crippen LogP contribution is 2.26. The first-order valence-corrected chi connectivity index (χ1v) is 6.46. The highest BCUT2D eigenvalue weighted by atomic mass is 16.5. The third-order valence-corrected chi connectivity index (χ3v) is 3.23. The molecule has 1 aromatic carbocycles. The Bertz CT molecular complexity index is 455. The second-order valence-electron chi connectivity index (χ2n) is 5.25. The van der Waals surface area contributed by atoms with Gasteiger partial charge in [0.15, 0.2) is 0 Å². The van der Waals surface area contributed by atoms with E-state index in [0.717, 1.165) is 11.3 Å². The summed E-state index contributed by atoms with van der Waals surface area (Å²) >= 11 is 0. The van der Waals surface area contributed by atoms with Gasteiger partial charge in [-0.25, -0.2) is 0 Å². The summed E-state index contributed by atoms with van der Waals surface area (Å²) in [6, 6.07) is 5.05. The Hall–Kier alpha value is -1.55. The van der Waals surface area contributed by atoms with Gasteiger partial charge < -0.3 is 14.7 Å². The predicted octanol–water partition coefficient (Wildman–Crippen LogP) is 2.87. The Balaban J connectivity index is 3.00. The van der Waals surface area contributed by atoms with Crippen LogP contribution in [0.1, 0.15) is 32.8 Å². The van der Waals surface area contributed by atoms with Gasteiger partial charge in [0, 0.05) is 19.7 Å². The molecule has 0 bridgehead atoms. The van der Waals surface area contributed by atoms with Crippen LogP contribution in [0.5, 0.6) is 5.75 Å². The van der Waals surface area contributed by atoms with E-state index in [1.165, 1.54) is 0 Å². The van der Waals surface area contributed by atoms with Crippen molar-refractivity contribution < 1.29 is 14.6 Å². The third kappa shape index (κ3) is 3.96. The van der Waals surface area contributed by atoms with Crippen molar-refractivity contribution in [2.24, 2.45) is 0 Å². The van der Waals surface area contributed by atoms with Crippen molar-refractivity contribution in [3.8, 4) is 5.75 Å². The summed E-state index contributed by atoms with van der Waals surface area (Å²) in [4.78, 5) is 14.1. The fraction of sp³-hybridized carbons (Fsp3) is 0.533. The lowest BCUT2D eigenvalue weighted by molar-refractivity contribution is -0.123. The minimum Gasteiger partial charge on any atom is -0.508 e. The molecule has 0 aromatic heterocycles. The molecule has 1 rings (SSSR count). The molecule has 0 radical (unpaired) electrons. The first-order valence-electron chi connectivity index (χ1n) is 6.46. The van der Waals surface area contributed by atoms with Gasteiger partial charge in [0.2, 0.25) is 5.91 Å². The zero-order valence-electron chi connectivity index (χ0n) is 12.4. The summed E-state index contributed by atoms with van der Waals surface area (Å²) in [5.74, 6) is 0.154. The lowest BCUT2D eigenvalue weighted by atomic mass is 10.0. The summed E-state index contributed by atoms with van der Waals surface area (Å²) in [6.45, 7) is 8.17. The number of carbonyl (C=O) groups is 1. The molecule has 1 N–H and O–H groups in total. The van der Waals surface area contributed by atoms with E-state index in [-0.39, 0.29) is 11.7 Å². The van der Waals surface area contributed by atoms with Gasteiger partial charge in [0.1, 0.15) is 5.75 Å². The number of phenolic OH excluding ortho intramolecular Hbond substituents is 1. The molecule has 0 saturated heterocycles. The zero-order chi connectivity index (χ0) is 14.6. The number of nitrogens with zero attached hydrogens (tertiary/aromatic N) is 1. The normalized spacial score (nSPS) is 11.4. The molecule has 0 saturated carbocycles. The van der Waals surface area contributed by atoms with Gasteiger partial charge in [0.05, 0.1) is 17.7 Å². The van der Waals surface area contributed by atoms with Crippen LogP contribution in [-0.2, 0) is 9.53 Å². The van der Waals surface area contributed by atoms with Crippen LogP contribution in [0.3, 0.4) is 0 Å². The summed E-state index contributed by atoms with van der Waals surface area (Å²) in [7, 11) is 1.60. The number of benzene rings is 1. The number of amides is 1. The van der Waals surface area contributed by atoms with E-state index >= 15 is 0 Å². The largest absolute Gasteiger partial charge is 0.508 e. The Morgan fingerprint density at radius 1 is 1.42 bits per heavy atom. The molecule has 4 nitrogen and oxygen atoms in total. The molecule has 0 atom stereocenters. The number of aromatic hydroxyl groups is 1. The summed E-state index contributed by atoms with van der Waals surface area (Å²) in [5.41, 5.74) is 1.22. The van der Waals surface area contributed by atoms with Gasteiger partial charge in [-0.3, -0.25) is 4.79 Å². The zero-order valence-corrected chi connectivity index (χ0v) is 12.4. The maximum atomic E-state index is 12.4. The van der Waals surface area contributed by atoms with Crippen molar-refractivity contribution in [1.82, 2.24) is 0 Å². The van der Waals surface area contributed by atoms with Crippen LogP contribution in [0.4, 0.5) is 5.69 Å². The number of rotatable bonds is 5. The van der Waals surface area contributed by atoms with E-state index in [0.29, 0.717) is 13.0 Å². The molecular formula is C15H23NO3. The highest BCUT2D eigenvalue weighted by molar-refractivity contribution is 5.94. The molecular weight excluding hydrogens is 242 g/mol. The van der Waals surface area contributed by atoms with Crippen molar-refractivity contribution >= 4 is 11.6 Å². The van der Waals surface area contributed by atoms with E-state index < -0.39 is 5.60 Å². The highest BCUT2D eigenvalue weighted by Gasteiger charge is 2.25. The van der Waals surface area contributed by atoms with E-state index in [1.807, 2.05) is 33.8 Å². The maximum Gasteiger partial charge on any atom is 0.229 e. The van der Waals surface area contributed by atoms with Crippen molar-refractivity contribution in [3.05, 3.63) is 23.8 Å². The molecule has 106 valence electrons. The number of hydrogen-bond donors (Lipinski definition) is 1. The molecule has 0 aliphatic carbocycles. The lowest BCUT2D eigenvalue weighted by Gasteiger charge is -2.28. The number of carbonyl (C=O) groups excluding carboxylic acids is 1. The second kappa shape index (κ2) is 6.06. The van der Waals surface area contributed by atoms with Crippen LogP contribution in [0, 0.1) is 6.92 Å². The van der Waals surface area contributed by atoms with Gasteiger partial charge in [-0.1, -0.05) is 6.07 Å². The smallest absolute Gasteiger partial charge is 0.229 e. The van der Waals surface area contributed by atoms with Crippen LogP contribution in [0.15, 0.2) is 18.2 Å². The standard InChI is InChI=1S/C15H23NO3/c1-6-16(14(18)10-15(3,4)19-5)13-9-12(17)8-7-11(13)2/h7-9,17H,6,10H2,1-5H3. The molecule has 0 unspecified atom stereocenters. The maximum absolute atomic E-state index is 12.4. The van der Waals surface area contributed by atoms with Crippen molar-refractivity contribution in [3.63, 3.8) is 0 Å². The van der Waals surface area contributed by atoms with Gasteiger partial charge in [-0.05, 0) is 39.3 Å². The second-order valence-corrected chi connectivity index (χ2v) is 5.25. The number of ether oxygens (including phenoxy) is 1. The molecule has 4 heteroatoms. The minimum atomic E-state index is -0.491. The average Bonchev–Trinajstić information content (AvgIpc) is 2.34. The van der Waals surface area contributed by atoms with Crippen LogP contribution in [0.2, 0.25) is 0 Å². The van der Waals surface area contributed by atoms with Gasteiger partial charge in [-0.2, -0.15) is 0 Å². The quantitative estimate of drug-likeness (QED) is 0.890. The Morgan fingerprint density at radius 2 is 2.05 bits per heavy atom. The topological polar surface area (TPSA) is 49.8 Å². The van der Waals surface area contributed by atoms with Crippen LogP contribution >= 0.6 is 0 Å². The number of phenols is 1. The number of anilines is 1. The number of hydrogen-bond acceptors (Lipinski definition) is 3. The average molecular weight is 265 g/mol. The molecule has 0 fully saturated rings. The Kier molecular flexibility index (Phi) is 4.95. The number of methoxy groups -OCH3 is 1. The van der Waals surface area contributed by atoms with Crippen LogP contribution < -0.4 is 4.90 Å². The molecule has 0 aliphatic rings. The van der Waals surface area contributed by atoms with Gasteiger partial charge >= 0.3 is 0 Å². The summed E-state index contributed by atoms with van der Waals surface area (Å²) in [5, 5.41) is 9.58. The molecule has 1 amide bonds. The minimum absolute atomic E-state index is 0.0111. The number of aryl methyl sites for hydroxylation is 1. The van der Waals surface area contributed by atoms with E-state index in [2.05, 4.69) is 0 Å². The van der Waals surface area contributed by atoms with E-state index in [4.69, 9.17) is 4.74 Å². The molecule has 19 heavy (non-hydrogen) atoms. The Labute approximate surface area is 115 Å². The fourth-order valence-corrected chi connectivity index (χ4v) is 1.90. The summed E-state index contributed by atoms with van der Waals surface area (Å²) in [6.07, 6.45) is 0.298. The van der Waals surface area contributed by atoms with E-state index in [1.54, 1.807) is 24.1 Å². The van der Waals surface area contributed by atoms with Crippen LogP contribution in [-0.4, -0.2) is 30.3 Å². The monoisotopic (exact) mass is 265 g/mol. The first kappa shape index (κ1) is 15.5. The fourth-order valence-electron chi connectivity index (χ4n) is 1.90. The Morgan fingerprint density at radius 3 is 2.58 bits per heavy atom. The first-order chi connectivity index (χ1) is 8.80. The van der Waals surface area contributed by atoms with Crippen LogP contribution in [0.25, 0.3) is 0 Å². The molecule has 0 spiro atoms. The van der Waals surface area contributed by atoms with Gasteiger partial charge in [-0.15, -0.1) is 0 Å². The SMILES string of the molecule is CCN(C(=O)CC(C)(C)OC)c1cc(O)ccc1C. The van der Waals surface area contributed by atoms with Gasteiger partial charge in [0.25, 0.3) is 0 Å². The third-order valence-electron chi connectivity index (χ3n) is 3.23. The van der Waals surface area contributed by atoms with Crippen molar-refractivity contribution in [2.45, 2.75) is 39.7 Å². The lowest BCUT2D eigenvalue weighted by Crippen LogP contribution is -2.37. The molecule has 1 aromatic rings. The molecule has 0 aliphatic heterocycles. The molecule has 0 heterocycles.